The molecule has 270 valence electrons. The van der Waals surface area contributed by atoms with Crippen LogP contribution in [0.2, 0.25) is 0 Å². The molecule has 7 rings (SSSR count). The van der Waals surface area contributed by atoms with E-state index in [4.69, 9.17) is 4.74 Å². The number of hydrogen-bond acceptors (Lipinski definition) is 5. The van der Waals surface area contributed by atoms with Crippen LogP contribution in [0.3, 0.4) is 0 Å². The number of hydrogen-bond donors (Lipinski definition) is 1. The van der Waals surface area contributed by atoms with E-state index in [1.54, 1.807) is 11.8 Å². The van der Waals surface area contributed by atoms with Gasteiger partial charge in [-0.3, -0.25) is 9.59 Å². The van der Waals surface area contributed by atoms with E-state index in [2.05, 4.69) is 151 Å². The first-order valence-corrected chi connectivity index (χ1v) is 19.6. The van der Waals surface area contributed by atoms with Gasteiger partial charge in [0.2, 0.25) is 5.69 Å². The summed E-state index contributed by atoms with van der Waals surface area (Å²) in [6.07, 6.45) is 11.7. The third-order valence-electron chi connectivity index (χ3n) is 10.9. The second-order valence-corrected chi connectivity index (χ2v) is 15.3. The molecule has 53 heavy (non-hydrogen) atoms. The molecule has 0 aliphatic carbocycles. The lowest BCUT2D eigenvalue weighted by Crippen LogP contribution is -2.36. The van der Waals surface area contributed by atoms with E-state index in [9.17, 15) is 14.7 Å². The van der Waals surface area contributed by atoms with Crippen molar-refractivity contribution in [1.29, 1.82) is 0 Å². The Morgan fingerprint density at radius 2 is 1.64 bits per heavy atom. The molecule has 5 aromatic rings. The Bertz CT molecular complexity index is 2300. The molecule has 7 heteroatoms. The highest BCUT2D eigenvalue weighted by Gasteiger charge is 2.51. The molecule has 0 bridgehead atoms. The van der Waals surface area contributed by atoms with E-state index in [1.165, 1.54) is 38.1 Å². The van der Waals surface area contributed by atoms with Crippen LogP contribution in [0.25, 0.3) is 32.3 Å². The van der Waals surface area contributed by atoms with Gasteiger partial charge in [0.1, 0.15) is 13.0 Å². The smallest absolute Gasteiger partial charge is 0.309 e. The van der Waals surface area contributed by atoms with Crippen LogP contribution in [0.15, 0.2) is 126 Å². The number of ether oxygens (including phenoxy) is 1. The minimum atomic E-state index is -0.812. The Labute approximate surface area is 316 Å². The van der Waals surface area contributed by atoms with Crippen LogP contribution in [0.5, 0.6) is 0 Å². The SMILES string of the molecule is CCCC(C=CC=C(C)C1=[N+](CCC(=O)O)c2c(c3ccccc3c3ccccc23)C1(C)Cc1cccc2ccccc12)C1SC=CN1CCOC=O. The molecule has 0 aromatic heterocycles. The minimum absolute atomic E-state index is 0.0195. The van der Waals surface area contributed by atoms with Gasteiger partial charge in [0.15, 0.2) is 12.3 Å². The van der Waals surface area contributed by atoms with Gasteiger partial charge in [0.25, 0.3) is 6.47 Å². The van der Waals surface area contributed by atoms with E-state index in [-0.39, 0.29) is 17.7 Å². The Morgan fingerprint density at radius 1 is 0.962 bits per heavy atom. The van der Waals surface area contributed by atoms with Gasteiger partial charge in [-0.2, -0.15) is 4.58 Å². The summed E-state index contributed by atoms with van der Waals surface area (Å²) in [6, 6.07) is 32.4. The van der Waals surface area contributed by atoms with Gasteiger partial charge in [0.05, 0.1) is 22.7 Å². The van der Waals surface area contributed by atoms with E-state index < -0.39 is 11.4 Å². The minimum Gasteiger partial charge on any atom is -0.481 e. The highest BCUT2D eigenvalue weighted by molar-refractivity contribution is 8.02. The lowest BCUT2D eigenvalue weighted by molar-refractivity contribution is -0.435. The molecule has 3 atom stereocenters. The molecule has 0 spiro atoms. The van der Waals surface area contributed by atoms with Crippen molar-refractivity contribution >= 4 is 67.9 Å². The van der Waals surface area contributed by atoms with Gasteiger partial charge in [0, 0.05) is 23.3 Å². The highest BCUT2D eigenvalue weighted by atomic mass is 32.2. The molecule has 0 fully saturated rings. The van der Waals surface area contributed by atoms with Crippen molar-refractivity contribution in [2.24, 2.45) is 5.92 Å². The molecular formula is C46H47N2O4S+. The molecule has 6 nitrogen and oxygen atoms in total. The van der Waals surface area contributed by atoms with Crippen molar-refractivity contribution in [3.05, 3.63) is 138 Å². The lowest BCUT2D eigenvalue weighted by atomic mass is 9.70. The van der Waals surface area contributed by atoms with Crippen LogP contribution >= 0.6 is 11.8 Å². The topological polar surface area (TPSA) is 69.8 Å². The molecule has 2 heterocycles. The van der Waals surface area contributed by atoms with Crippen molar-refractivity contribution in [2.75, 3.05) is 19.7 Å². The standard InChI is InChI=1S/C46H46N2O4S/c1-4-13-34(45-47(27-29-53-45)26-28-52-31-49)17-11-14-32(2)44-46(3,30-35-18-12-16-33-15-5-6-19-36(33)35)42-39-22-9-7-20-37(39)38-21-8-10-23-40(38)43(42)48(44)25-24-41(50)51/h5-12,14-23,27,29,31,34,45H,4,13,24-26,28,30H2,1-3H3/p+1. The van der Waals surface area contributed by atoms with Gasteiger partial charge >= 0.3 is 5.97 Å². The predicted octanol–water partition coefficient (Wildman–Crippen LogP) is 10.2. The maximum absolute atomic E-state index is 12.3. The van der Waals surface area contributed by atoms with Crippen LogP contribution in [0, 0.1) is 5.92 Å². The number of allylic oxidation sites excluding steroid dienone is 3. The predicted molar refractivity (Wildman–Crippen MR) is 219 cm³/mol. The fourth-order valence-corrected chi connectivity index (χ4v) is 9.92. The number of carbonyl (C=O) groups excluding carboxylic acids is 1. The van der Waals surface area contributed by atoms with E-state index in [0.29, 0.717) is 26.2 Å². The van der Waals surface area contributed by atoms with Crippen LogP contribution in [-0.2, 0) is 26.2 Å². The van der Waals surface area contributed by atoms with Gasteiger partial charge in [-0.15, -0.1) is 11.8 Å². The van der Waals surface area contributed by atoms with Crippen LogP contribution in [0.1, 0.15) is 51.2 Å². The van der Waals surface area contributed by atoms with Crippen molar-refractivity contribution in [3.63, 3.8) is 0 Å². The average Bonchev–Trinajstić information content (AvgIpc) is 3.74. The third-order valence-corrected chi connectivity index (χ3v) is 12.1. The number of carboxylic acids is 1. The summed E-state index contributed by atoms with van der Waals surface area (Å²) < 4.78 is 7.36. The summed E-state index contributed by atoms with van der Waals surface area (Å²) >= 11 is 1.81. The molecule has 0 saturated heterocycles. The Morgan fingerprint density at radius 3 is 2.38 bits per heavy atom. The summed E-state index contributed by atoms with van der Waals surface area (Å²) in [5.41, 5.74) is 5.40. The zero-order valence-corrected chi connectivity index (χ0v) is 31.5. The first-order chi connectivity index (χ1) is 25.9. The highest BCUT2D eigenvalue weighted by Crippen LogP contribution is 2.51. The van der Waals surface area contributed by atoms with Gasteiger partial charge in [-0.05, 0) is 70.7 Å². The fourth-order valence-electron chi connectivity index (χ4n) is 8.77. The van der Waals surface area contributed by atoms with Gasteiger partial charge < -0.3 is 14.7 Å². The molecule has 2 aliphatic rings. The summed E-state index contributed by atoms with van der Waals surface area (Å²) in [7, 11) is 0. The van der Waals surface area contributed by atoms with Crippen molar-refractivity contribution in [3.8, 4) is 0 Å². The van der Waals surface area contributed by atoms with E-state index >= 15 is 0 Å². The molecule has 5 aromatic carbocycles. The monoisotopic (exact) mass is 723 g/mol. The van der Waals surface area contributed by atoms with E-state index in [1.807, 2.05) is 0 Å². The maximum atomic E-state index is 12.3. The first kappa shape index (κ1) is 36.2. The molecule has 2 aliphatic heterocycles. The zero-order valence-electron chi connectivity index (χ0n) is 30.7. The number of aliphatic carboxylic acids is 1. The zero-order chi connectivity index (χ0) is 37.0. The second kappa shape index (κ2) is 15.8. The molecule has 0 amide bonds. The molecular weight excluding hydrogens is 677 g/mol. The second-order valence-electron chi connectivity index (χ2n) is 14.3. The average molecular weight is 724 g/mol. The molecule has 0 saturated carbocycles. The van der Waals surface area contributed by atoms with Crippen molar-refractivity contribution in [2.45, 2.75) is 57.2 Å². The lowest BCUT2D eigenvalue weighted by Gasteiger charge is -2.30. The quantitative estimate of drug-likeness (QED) is 0.0381. The summed E-state index contributed by atoms with van der Waals surface area (Å²) in [5.74, 6) is -0.530. The summed E-state index contributed by atoms with van der Waals surface area (Å²) in [4.78, 5) is 25.3. The number of benzene rings is 5. The molecule has 1 N–H and O–H groups in total. The van der Waals surface area contributed by atoms with Crippen LogP contribution in [0.4, 0.5) is 5.69 Å². The summed E-state index contributed by atoms with van der Waals surface area (Å²) in [5, 5.41) is 19.6. The summed E-state index contributed by atoms with van der Waals surface area (Å²) in [6.45, 7) is 8.65. The number of carbonyl (C=O) groups is 2. The van der Waals surface area contributed by atoms with Gasteiger partial charge in [-0.1, -0.05) is 117 Å². The number of carboxylic acid groups (broad SMARTS) is 1. The molecule has 3 unspecified atom stereocenters. The normalized spacial score (nSPS) is 19.2. The van der Waals surface area contributed by atoms with Gasteiger partial charge in [-0.25, -0.2) is 0 Å². The maximum Gasteiger partial charge on any atom is 0.309 e. The Kier molecular flexibility index (Phi) is 10.8. The number of fused-ring (bicyclic) bond motifs is 7. The van der Waals surface area contributed by atoms with Crippen molar-refractivity contribution in [1.82, 2.24) is 4.90 Å². The fraction of sp³-hybridized carbons (Fsp3) is 0.283. The largest absolute Gasteiger partial charge is 0.481 e. The number of rotatable bonds is 15. The van der Waals surface area contributed by atoms with Crippen LogP contribution in [-0.4, -0.2) is 57.8 Å². The third kappa shape index (κ3) is 7.03. The van der Waals surface area contributed by atoms with Crippen LogP contribution < -0.4 is 0 Å². The number of nitrogens with zero attached hydrogens (tertiary/aromatic N) is 2. The number of thioether (sulfide) groups is 1. The van der Waals surface area contributed by atoms with E-state index in [0.717, 1.165) is 41.6 Å². The Balaban J connectivity index is 1.41. The van der Waals surface area contributed by atoms with Crippen molar-refractivity contribution < 1.29 is 24.0 Å². The first-order valence-electron chi connectivity index (χ1n) is 18.6. The Hall–Kier alpha value is -5.14. The molecule has 0 radical (unpaired) electrons.